The Hall–Kier alpha value is -4.27. The predicted octanol–water partition coefficient (Wildman–Crippen LogP) is 3.75. The number of pyridine rings is 1. The largest absolute Gasteiger partial charge is 0.368 e. The molecule has 8 nitrogen and oxygen atoms in total. The predicted molar refractivity (Wildman–Crippen MR) is 134 cm³/mol. The molecule has 3 N–H and O–H groups in total. The van der Waals surface area contributed by atoms with Crippen LogP contribution in [0.4, 0.5) is 21.0 Å². The van der Waals surface area contributed by atoms with Gasteiger partial charge < -0.3 is 20.9 Å². The van der Waals surface area contributed by atoms with Crippen LogP contribution in [-0.4, -0.2) is 52.1 Å². The Morgan fingerprint density at radius 3 is 2.51 bits per heavy atom. The van der Waals surface area contributed by atoms with Crippen molar-refractivity contribution < 1.29 is 9.18 Å². The quantitative estimate of drug-likeness (QED) is 0.470. The van der Waals surface area contributed by atoms with E-state index in [4.69, 9.17) is 10.7 Å². The minimum atomic E-state index is -0.299. The molecule has 0 unspecified atom stereocenters. The third-order valence-corrected chi connectivity index (χ3v) is 6.07. The normalized spacial score (nSPS) is 13.8. The SMILES string of the molecule is Cc1cccc(CNC(=O)N2CCN(c3nc(N)nc4ccc(-c5ccc(F)cc5)nc34)CC2)c1. The molecule has 178 valence electrons. The number of hydrogen-bond donors (Lipinski definition) is 2. The van der Waals surface area contributed by atoms with Crippen LogP contribution in [0.3, 0.4) is 0 Å². The zero-order valence-corrected chi connectivity index (χ0v) is 19.4. The van der Waals surface area contributed by atoms with Crippen molar-refractivity contribution in [1.29, 1.82) is 0 Å². The smallest absolute Gasteiger partial charge is 0.317 e. The van der Waals surface area contributed by atoms with Crippen LogP contribution in [-0.2, 0) is 6.54 Å². The highest BCUT2D eigenvalue weighted by Gasteiger charge is 2.24. The molecule has 1 aliphatic rings. The summed E-state index contributed by atoms with van der Waals surface area (Å²) in [5, 5.41) is 3.00. The number of nitrogens with zero attached hydrogens (tertiary/aromatic N) is 5. The summed E-state index contributed by atoms with van der Waals surface area (Å²) in [5.41, 5.74) is 11.0. The first-order chi connectivity index (χ1) is 17.0. The zero-order chi connectivity index (χ0) is 24.4. The van der Waals surface area contributed by atoms with Gasteiger partial charge in [-0.1, -0.05) is 29.8 Å². The molecule has 2 aromatic carbocycles. The summed E-state index contributed by atoms with van der Waals surface area (Å²) in [5.74, 6) is 0.505. The third-order valence-electron chi connectivity index (χ3n) is 6.07. The van der Waals surface area contributed by atoms with E-state index in [2.05, 4.69) is 26.3 Å². The Morgan fingerprint density at radius 2 is 1.77 bits per heavy atom. The second kappa shape index (κ2) is 9.54. The molecule has 5 rings (SSSR count). The summed E-state index contributed by atoms with van der Waals surface area (Å²) in [6.07, 6.45) is 0. The number of nitrogen functional groups attached to an aromatic ring is 1. The number of benzene rings is 2. The number of halogens is 1. The van der Waals surface area contributed by atoms with Crippen molar-refractivity contribution in [3.8, 4) is 11.3 Å². The van der Waals surface area contributed by atoms with E-state index in [-0.39, 0.29) is 17.8 Å². The van der Waals surface area contributed by atoms with Crippen molar-refractivity contribution in [3.05, 3.63) is 77.6 Å². The molecule has 1 aliphatic heterocycles. The van der Waals surface area contributed by atoms with E-state index in [0.717, 1.165) is 16.7 Å². The first kappa shape index (κ1) is 22.5. The summed E-state index contributed by atoms with van der Waals surface area (Å²) >= 11 is 0. The number of fused-ring (bicyclic) bond motifs is 1. The maximum Gasteiger partial charge on any atom is 0.317 e. The van der Waals surface area contributed by atoms with Gasteiger partial charge in [0, 0.05) is 38.3 Å². The molecular formula is C26H26FN7O. The second-order valence-corrected chi connectivity index (χ2v) is 8.60. The van der Waals surface area contributed by atoms with Crippen LogP contribution in [0.5, 0.6) is 0 Å². The van der Waals surface area contributed by atoms with Crippen LogP contribution < -0.4 is 16.0 Å². The highest BCUT2D eigenvalue weighted by molar-refractivity contribution is 5.88. The molecule has 0 spiro atoms. The molecule has 0 atom stereocenters. The molecule has 2 amide bonds. The molecule has 2 aromatic heterocycles. The minimum absolute atomic E-state index is 0.0880. The Morgan fingerprint density at radius 1 is 1.00 bits per heavy atom. The van der Waals surface area contributed by atoms with E-state index in [1.54, 1.807) is 17.0 Å². The van der Waals surface area contributed by atoms with Gasteiger partial charge in [-0.2, -0.15) is 4.98 Å². The number of amides is 2. The molecule has 1 fully saturated rings. The molecule has 4 aromatic rings. The number of aromatic nitrogens is 3. The van der Waals surface area contributed by atoms with Gasteiger partial charge in [-0.3, -0.25) is 0 Å². The molecule has 35 heavy (non-hydrogen) atoms. The molecule has 0 aliphatic carbocycles. The Balaban J connectivity index is 1.31. The Kier molecular flexibility index (Phi) is 6.13. The van der Waals surface area contributed by atoms with E-state index in [1.165, 1.54) is 12.1 Å². The fourth-order valence-electron chi connectivity index (χ4n) is 4.25. The lowest BCUT2D eigenvalue weighted by Gasteiger charge is -2.35. The number of aryl methyl sites for hydroxylation is 1. The number of hydrogen-bond acceptors (Lipinski definition) is 6. The number of piperazine rings is 1. The summed E-state index contributed by atoms with van der Waals surface area (Å²) in [6, 6.07) is 17.9. The van der Waals surface area contributed by atoms with Crippen LogP contribution in [0.2, 0.25) is 0 Å². The average Bonchev–Trinajstić information content (AvgIpc) is 2.87. The van der Waals surface area contributed by atoms with Gasteiger partial charge in [0.15, 0.2) is 5.82 Å². The van der Waals surface area contributed by atoms with E-state index in [1.807, 2.05) is 37.3 Å². The number of nitrogens with two attached hydrogens (primary N) is 1. The minimum Gasteiger partial charge on any atom is -0.368 e. The monoisotopic (exact) mass is 471 g/mol. The third kappa shape index (κ3) is 4.98. The van der Waals surface area contributed by atoms with E-state index < -0.39 is 0 Å². The molecular weight excluding hydrogens is 445 g/mol. The topological polar surface area (TPSA) is 100 Å². The van der Waals surface area contributed by atoms with Gasteiger partial charge in [0.25, 0.3) is 0 Å². The fourth-order valence-corrected chi connectivity index (χ4v) is 4.25. The van der Waals surface area contributed by atoms with Crippen molar-refractivity contribution in [2.45, 2.75) is 13.5 Å². The first-order valence-corrected chi connectivity index (χ1v) is 11.5. The molecule has 1 saturated heterocycles. The molecule has 0 bridgehead atoms. The van der Waals surface area contributed by atoms with Crippen molar-refractivity contribution >= 4 is 28.8 Å². The standard InChI is InChI=1S/C26H26FN7O/c1-17-3-2-4-18(15-17)16-29-26(35)34-13-11-33(12-14-34)24-23-22(31-25(28)32-24)10-9-21(30-23)19-5-7-20(27)8-6-19/h2-10,15H,11-14,16H2,1H3,(H,29,35)(H2,28,31,32). The zero-order valence-electron chi connectivity index (χ0n) is 19.4. The van der Waals surface area contributed by atoms with Gasteiger partial charge in [0.05, 0.1) is 11.2 Å². The van der Waals surface area contributed by atoms with Crippen LogP contribution in [0.25, 0.3) is 22.3 Å². The van der Waals surface area contributed by atoms with Gasteiger partial charge in [-0.05, 0) is 48.9 Å². The summed E-state index contributed by atoms with van der Waals surface area (Å²) < 4.78 is 13.4. The Bertz CT molecular complexity index is 1370. The number of urea groups is 1. The average molecular weight is 472 g/mol. The number of carbonyl (C=O) groups is 1. The van der Waals surface area contributed by atoms with E-state index in [0.29, 0.717) is 55.3 Å². The van der Waals surface area contributed by atoms with Crippen LogP contribution in [0.1, 0.15) is 11.1 Å². The fraction of sp³-hybridized carbons (Fsp3) is 0.231. The maximum atomic E-state index is 13.4. The maximum absolute atomic E-state index is 13.4. The molecule has 3 heterocycles. The highest BCUT2D eigenvalue weighted by Crippen LogP contribution is 2.27. The van der Waals surface area contributed by atoms with Crippen LogP contribution in [0, 0.1) is 12.7 Å². The number of nitrogens with one attached hydrogen (secondary N) is 1. The lowest BCUT2D eigenvalue weighted by Crippen LogP contribution is -2.52. The van der Waals surface area contributed by atoms with E-state index >= 15 is 0 Å². The van der Waals surface area contributed by atoms with E-state index in [9.17, 15) is 9.18 Å². The lowest BCUT2D eigenvalue weighted by atomic mass is 10.1. The highest BCUT2D eigenvalue weighted by atomic mass is 19.1. The Labute approximate surface area is 202 Å². The summed E-state index contributed by atoms with van der Waals surface area (Å²) in [7, 11) is 0. The van der Waals surface area contributed by atoms with Gasteiger partial charge in [-0.25, -0.2) is 19.2 Å². The number of carbonyl (C=O) groups excluding carboxylic acids is 1. The first-order valence-electron chi connectivity index (χ1n) is 11.5. The second-order valence-electron chi connectivity index (χ2n) is 8.60. The summed E-state index contributed by atoms with van der Waals surface area (Å²) in [4.78, 5) is 30.2. The molecule has 9 heteroatoms. The molecule has 0 saturated carbocycles. The van der Waals surface area contributed by atoms with Crippen LogP contribution >= 0.6 is 0 Å². The lowest BCUT2D eigenvalue weighted by molar-refractivity contribution is 0.194. The number of rotatable bonds is 4. The van der Waals surface area contributed by atoms with Crippen molar-refractivity contribution in [2.24, 2.45) is 0 Å². The van der Waals surface area contributed by atoms with Gasteiger partial charge in [0.1, 0.15) is 11.3 Å². The van der Waals surface area contributed by atoms with Gasteiger partial charge >= 0.3 is 6.03 Å². The van der Waals surface area contributed by atoms with Crippen molar-refractivity contribution in [3.63, 3.8) is 0 Å². The summed E-state index contributed by atoms with van der Waals surface area (Å²) in [6.45, 7) is 4.79. The molecule has 0 radical (unpaired) electrons. The van der Waals surface area contributed by atoms with Crippen molar-refractivity contribution in [2.75, 3.05) is 36.8 Å². The number of anilines is 2. The van der Waals surface area contributed by atoms with Gasteiger partial charge in [-0.15, -0.1) is 0 Å². The van der Waals surface area contributed by atoms with Crippen LogP contribution in [0.15, 0.2) is 60.7 Å². The van der Waals surface area contributed by atoms with Crippen molar-refractivity contribution in [1.82, 2.24) is 25.2 Å². The van der Waals surface area contributed by atoms with Gasteiger partial charge in [0.2, 0.25) is 5.95 Å².